The molecule has 5 nitrogen and oxygen atoms in total. The zero-order chi connectivity index (χ0) is 19.4. The first-order chi connectivity index (χ1) is 12.9. The molecular weight excluding hydrogens is 407 g/mol. The van der Waals surface area contributed by atoms with Gasteiger partial charge in [0.05, 0.1) is 16.5 Å². The second kappa shape index (κ2) is 8.61. The van der Waals surface area contributed by atoms with Crippen LogP contribution in [0.4, 0.5) is 0 Å². The van der Waals surface area contributed by atoms with Crippen molar-refractivity contribution >= 4 is 39.1 Å². The minimum Gasteiger partial charge on any atom is -0.353 e. The van der Waals surface area contributed by atoms with Gasteiger partial charge >= 0.3 is 0 Å². The monoisotopic (exact) mass is 426 g/mol. The van der Waals surface area contributed by atoms with Crippen LogP contribution in [0.2, 0.25) is 10.0 Å². The van der Waals surface area contributed by atoms with Crippen LogP contribution < -0.4 is 5.32 Å². The Balaban J connectivity index is 1.58. The molecule has 144 valence electrons. The number of piperidine rings is 1. The smallest absolute Gasteiger partial charge is 0.244 e. The van der Waals surface area contributed by atoms with Gasteiger partial charge in [-0.2, -0.15) is 4.31 Å². The standard InChI is InChI=1S/C19H20Cl2N2O3S/c20-16-7-4-8-17(19(16)21)27(25,26)23-11-9-15(10-12-23)22-18(24)13-14-5-2-1-3-6-14/h1-8,15H,9-13H2,(H,22,24). The van der Waals surface area contributed by atoms with Crippen LogP contribution in [-0.2, 0) is 21.2 Å². The van der Waals surface area contributed by atoms with Crippen LogP contribution >= 0.6 is 23.2 Å². The van der Waals surface area contributed by atoms with E-state index < -0.39 is 10.0 Å². The molecule has 3 rings (SSSR count). The molecule has 1 amide bonds. The van der Waals surface area contributed by atoms with E-state index in [2.05, 4.69) is 5.32 Å². The number of carbonyl (C=O) groups excluding carboxylic acids is 1. The molecule has 2 aromatic carbocycles. The number of hydrogen-bond acceptors (Lipinski definition) is 3. The summed E-state index contributed by atoms with van der Waals surface area (Å²) in [5.41, 5.74) is 0.950. The third-order valence-electron chi connectivity index (χ3n) is 4.56. The van der Waals surface area contributed by atoms with Crippen molar-refractivity contribution in [3.8, 4) is 0 Å². The van der Waals surface area contributed by atoms with Gasteiger partial charge < -0.3 is 5.32 Å². The molecule has 2 aromatic rings. The summed E-state index contributed by atoms with van der Waals surface area (Å²) in [6, 6.07) is 14.0. The quantitative estimate of drug-likeness (QED) is 0.795. The number of sulfonamides is 1. The number of nitrogens with zero attached hydrogens (tertiary/aromatic N) is 1. The Morgan fingerprint density at radius 2 is 1.70 bits per heavy atom. The average molecular weight is 427 g/mol. The van der Waals surface area contributed by atoms with Crippen molar-refractivity contribution in [1.82, 2.24) is 9.62 Å². The summed E-state index contributed by atoms with van der Waals surface area (Å²) in [7, 11) is -3.71. The fourth-order valence-electron chi connectivity index (χ4n) is 3.12. The Hall–Kier alpha value is -1.60. The first-order valence-corrected chi connectivity index (χ1v) is 10.8. The zero-order valence-corrected chi connectivity index (χ0v) is 16.9. The van der Waals surface area contributed by atoms with Crippen molar-refractivity contribution < 1.29 is 13.2 Å². The lowest BCUT2D eigenvalue weighted by Gasteiger charge is -2.31. The second-order valence-electron chi connectivity index (χ2n) is 6.46. The van der Waals surface area contributed by atoms with Gasteiger partial charge in [0.25, 0.3) is 0 Å². The second-order valence-corrected chi connectivity index (χ2v) is 9.15. The van der Waals surface area contributed by atoms with Gasteiger partial charge in [-0.25, -0.2) is 8.42 Å². The van der Waals surface area contributed by atoms with Crippen molar-refractivity contribution in [1.29, 1.82) is 0 Å². The van der Waals surface area contributed by atoms with Crippen molar-refractivity contribution in [2.45, 2.75) is 30.2 Å². The molecule has 0 aliphatic carbocycles. The van der Waals surface area contributed by atoms with Crippen LogP contribution in [0.3, 0.4) is 0 Å². The lowest BCUT2D eigenvalue weighted by molar-refractivity contribution is -0.121. The highest BCUT2D eigenvalue weighted by Crippen LogP contribution is 2.31. The van der Waals surface area contributed by atoms with Gasteiger partial charge in [0.2, 0.25) is 15.9 Å². The SMILES string of the molecule is O=C(Cc1ccccc1)NC1CCN(S(=O)(=O)c2cccc(Cl)c2Cl)CC1. The maximum absolute atomic E-state index is 12.8. The number of amides is 1. The van der Waals surface area contributed by atoms with Crippen molar-refractivity contribution in [3.05, 3.63) is 64.1 Å². The number of benzene rings is 2. The third kappa shape index (κ3) is 4.82. The Kier molecular flexibility index (Phi) is 6.42. The van der Waals surface area contributed by atoms with E-state index in [0.29, 0.717) is 32.4 Å². The van der Waals surface area contributed by atoms with E-state index in [-0.39, 0.29) is 26.9 Å². The van der Waals surface area contributed by atoms with Crippen LogP contribution in [0.25, 0.3) is 0 Å². The molecule has 27 heavy (non-hydrogen) atoms. The van der Waals surface area contributed by atoms with Crippen LogP contribution in [0, 0.1) is 0 Å². The van der Waals surface area contributed by atoms with E-state index in [0.717, 1.165) is 5.56 Å². The highest BCUT2D eigenvalue weighted by atomic mass is 35.5. The van der Waals surface area contributed by atoms with E-state index in [1.165, 1.54) is 10.4 Å². The molecule has 1 saturated heterocycles. The molecule has 0 atom stereocenters. The molecule has 1 fully saturated rings. The fourth-order valence-corrected chi connectivity index (χ4v) is 5.33. The Morgan fingerprint density at radius 3 is 2.37 bits per heavy atom. The summed E-state index contributed by atoms with van der Waals surface area (Å²) < 4.78 is 27.0. The zero-order valence-electron chi connectivity index (χ0n) is 14.6. The van der Waals surface area contributed by atoms with E-state index in [1.54, 1.807) is 12.1 Å². The third-order valence-corrected chi connectivity index (χ3v) is 7.43. The Bertz CT molecular complexity index is 912. The van der Waals surface area contributed by atoms with Crippen LogP contribution in [0.1, 0.15) is 18.4 Å². The fraction of sp³-hybridized carbons (Fsp3) is 0.316. The van der Waals surface area contributed by atoms with E-state index in [1.807, 2.05) is 30.3 Å². The summed E-state index contributed by atoms with van der Waals surface area (Å²) >= 11 is 12.0. The number of halogens is 2. The van der Waals surface area contributed by atoms with Crippen LogP contribution in [0.15, 0.2) is 53.4 Å². The van der Waals surface area contributed by atoms with Gasteiger partial charge in [-0.15, -0.1) is 0 Å². The number of carbonyl (C=O) groups is 1. The molecular formula is C19H20Cl2N2O3S. The molecule has 0 radical (unpaired) electrons. The molecule has 1 aliphatic rings. The van der Waals surface area contributed by atoms with E-state index in [4.69, 9.17) is 23.2 Å². The predicted molar refractivity (Wildman–Crippen MR) is 107 cm³/mol. The van der Waals surface area contributed by atoms with Crippen molar-refractivity contribution in [3.63, 3.8) is 0 Å². The summed E-state index contributed by atoms with van der Waals surface area (Å²) in [4.78, 5) is 12.2. The van der Waals surface area contributed by atoms with Gasteiger partial charge in [-0.05, 0) is 30.5 Å². The maximum Gasteiger partial charge on any atom is 0.244 e. The lowest BCUT2D eigenvalue weighted by Crippen LogP contribution is -2.46. The first kappa shape index (κ1) is 20.1. The lowest BCUT2D eigenvalue weighted by atomic mass is 10.1. The van der Waals surface area contributed by atoms with Crippen molar-refractivity contribution in [2.75, 3.05) is 13.1 Å². The summed E-state index contributed by atoms with van der Waals surface area (Å²) in [6.45, 7) is 0.642. The Labute approximate surface area is 169 Å². The van der Waals surface area contributed by atoms with Gasteiger partial charge in [-0.1, -0.05) is 59.6 Å². The van der Waals surface area contributed by atoms with E-state index >= 15 is 0 Å². The van der Waals surface area contributed by atoms with Gasteiger partial charge in [0.1, 0.15) is 4.90 Å². The highest BCUT2D eigenvalue weighted by Gasteiger charge is 2.31. The molecule has 0 aromatic heterocycles. The number of rotatable bonds is 5. The summed E-state index contributed by atoms with van der Waals surface area (Å²) in [5.74, 6) is -0.0552. The van der Waals surface area contributed by atoms with Gasteiger partial charge in [0, 0.05) is 19.1 Å². The average Bonchev–Trinajstić information content (AvgIpc) is 2.65. The van der Waals surface area contributed by atoms with Crippen molar-refractivity contribution in [2.24, 2.45) is 0 Å². The number of nitrogens with one attached hydrogen (secondary N) is 1. The van der Waals surface area contributed by atoms with Gasteiger partial charge in [-0.3, -0.25) is 4.79 Å². The Morgan fingerprint density at radius 1 is 1.04 bits per heavy atom. The summed E-state index contributed by atoms with van der Waals surface area (Å²) in [6.07, 6.45) is 1.42. The van der Waals surface area contributed by atoms with Crippen LogP contribution in [0.5, 0.6) is 0 Å². The maximum atomic E-state index is 12.8. The molecule has 0 saturated carbocycles. The molecule has 1 heterocycles. The molecule has 1 aliphatic heterocycles. The van der Waals surface area contributed by atoms with Gasteiger partial charge in [0.15, 0.2) is 0 Å². The van der Waals surface area contributed by atoms with Crippen LogP contribution in [-0.4, -0.2) is 37.8 Å². The highest BCUT2D eigenvalue weighted by molar-refractivity contribution is 7.89. The minimum atomic E-state index is -3.71. The molecule has 8 heteroatoms. The molecule has 0 unspecified atom stereocenters. The normalized spacial score (nSPS) is 16.2. The predicted octanol–water partition coefficient (Wildman–Crippen LogP) is 3.51. The molecule has 1 N–H and O–H groups in total. The largest absolute Gasteiger partial charge is 0.353 e. The minimum absolute atomic E-state index is 0.0169. The molecule has 0 spiro atoms. The molecule has 0 bridgehead atoms. The topological polar surface area (TPSA) is 66.5 Å². The summed E-state index contributed by atoms with van der Waals surface area (Å²) in [5, 5.41) is 3.24. The first-order valence-electron chi connectivity index (χ1n) is 8.65. The number of hydrogen-bond donors (Lipinski definition) is 1. The van der Waals surface area contributed by atoms with E-state index in [9.17, 15) is 13.2 Å².